The third-order valence-corrected chi connectivity index (χ3v) is 3.90. The smallest absolute Gasteiger partial charge is 0.240 e. The van der Waals surface area contributed by atoms with Crippen molar-refractivity contribution in [2.24, 2.45) is 5.73 Å². The van der Waals surface area contributed by atoms with E-state index in [9.17, 15) is 9.59 Å². The normalized spacial score (nSPS) is 14.7. The van der Waals surface area contributed by atoms with Gasteiger partial charge in [0.25, 0.3) is 0 Å². The molecule has 0 saturated carbocycles. The van der Waals surface area contributed by atoms with Gasteiger partial charge in [-0.15, -0.1) is 0 Å². The molecule has 0 radical (unpaired) electrons. The molecule has 3 N–H and O–H groups in total. The quantitative estimate of drug-likeness (QED) is 0.813. The molecular weight excluding hydrogens is 372 g/mol. The van der Waals surface area contributed by atoms with Crippen LogP contribution in [-0.2, 0) is 16.0 Å². The van der Waals surface area contributed by atoms with Gasteiger partial charge < -0.3 is 20.3 Å². The summed E-state index contributed by atoms with van der Waals surface area (Å²) in [5, 5.41) is 20.8. The molecule has 29 heavy (non-hydrogen) atoms. The standard InChI is InChI=1S/C11H15N3O3.C7H5NO.C3H8/c1-7-5-8(17-13-7)6-10(15)14-4-2-3-9(14)11(12)16;8-5-6-1-3-7(9)4-2-6;1-3-2/h5,9H,2-4,6H2,1H3,(H2,12,16);1-4,9H;3H2,1-2H3. The number of nitrogens with two attached hydrogens (primary N) is 1. The summed E-state index contributed by atoms with van der Waals surface area (Å²) in [6, 6.07) is 9.29. The minimum Gasteiger partial charge on any atom is -0.508 e. The highest BCUT2D eigenvalue weighted by Gasteiger charge is 2.32. The van der Waals surface area contributed by atoms with E-state index in [-0.39, 0.29) is 18.1 Å². The van der Waals surface area contributed by atoms with Crippen LogP contribution in [0.15, 0.2) is 34.9 Å². The van der Waals surface area contributed by atoms with E-state index < -0.39 is 11.9 Å². The van der Waals surface area contributed by atoms with Crippen LogP contribution in [-0.4, -0.2) is 39.6 Å². The number of hydrogen-bond acceptors (Lipinski definition) is 6. The second-order valence-corrected chi connectivity index (χ2v) is 6.62. The molecule has 1 saturated heterocycles. The summed E-state index contributed by atoms with van der Waals surface area (Å²) in [6.07, 6.45) is 2.84. The van der Waals surface area contributed by atoms with Crippen LogP contribution in [0.5, 0.6) is 5.75 Å². The number of rotatable bonds is 3. The maximum absolute atomic E-state index is 12.0. The summed E-state index contributed by atoms with van der Waals surface area (Å²) in [7, 11) is 0. The fourth-order valence-electron chi connectivity index (χ4n) is 2.65. The van der Waals surface area contributed by atoms with Crippen molar-refractivity contribution in [1.29, 1.82) is 5.26 Å². The molecule has 1 fully saturated rings. The molecule has 3 rings (SSSR count). The van der Waals surface area contributed by atoms with E-state index in [1.807, 2.05) is 6.07 Å². The minimum atomic E-state index is -0.466. The van der Waals surface area contributed by atoms with Crippen LogP contribution in [0.4, 0.5) is 0 Å². The number of amides is 2. The third kappa shape index (κ3) is 8.05. The number of primary amides is 1. The van der Waals surface area contributed by atoms with E-state index in [1.165, 1.54) is 23.5 Å². The number of likely N-dealkylation sites (tertiary alicyclic amines) is 1. The Morgan fingerprint density at radius 1 is 1.34 bits per heavy atom. The van der Waals surface area contributed by atoms with Crippen LogP contribution >= 0.6 is 0 Å². The average Bonchev–Trinajstić information content (AvgIpc) is 3.33. The minimum absolute atomic E-state index is 0.130. The van der Waals surface area contributed by atoms with Gasteiger partial charge in [0.15, 0.2) is 0 Å². The second-order valence-electron chi connectivity index (χ2n) is 6.62. The lowest BCUT2D eigenvalue weighted by Crippen LogP contribution is -2.44. The lowest BCUT2D eigenvalue weighted by Gasteiger charge is -2.21. The first-order chi connectivity index (χ1) is 13.8. The fourth-order valence-corrected chi connectivity index (χ4v) is 2.65. The fraction of sp³-hybridized carbons (Fsp3) is 0.429. The largest absolute Gasteiger partial charge is 0.508 e. The number of nitrogens with zero attached hydrogens (tertiary/aromatic N) is 3. The Morgan fingerprint density at radius 2 is 1.97 bits per heavy atom. The Bertz CT molecular complexity index is 824. The van der Waals surface area contributed by atoms with Gasteiger partial charge in [-0.05, 0) is 44.0 Å². The van der Waals surface area contributed by atoms with Crippen LogP contribution in [0.25, 0.3) is 0 Å². The van der Waals surface area contributed by atoms with Crippen molar-refractivity contribution in [1.82, 2.24) is 10.1 Å². The van der Waals surface area contributed by atoms with Crippen molar-refractivity contribution in [2.75, 3.05) is 6.54 Å². The highest BCUT2D eigenvalue weighted by atomic mass is 16.5. The molecular formula is C21H28N4O4. The maximum atomic E-state index is 12.0. The van der Waals surface area contributed by atoms with Crippen LogP contribution in [0.3, 0.4) is 0 Å². The van der Waals surface area contributed by atoms with Gasteiger partial charge in [-0.25, -0.2) is 0 Å². The molecule has 2 aromatic rings. The van der Waals surface area contributed by atoms with E-state index in [0.29, 0.717) is 24.3 Å². The monoisotopic (exact) mass is 400 g/mol. The van der Waals surface area contributed by atoms with Gasteiger partial charge in [0.05, 0.1) is 23.7 Å². The Labute approximate surface area is 170 Å². The van der Waals surface area contributed by atoms with Crippen LogP contribution in [0.1, 0.15) is 50.1 Å². The van der Waals surface area contributed by atoms with Gasteiger partial charge in [0.1, 0.15) is 17.6 Å². The van der Waals surface area contributed by atoms with Crippen molar-refractivity contribution in [3.8, 4) is 11.8 Å². The third-order valence-electron chi connectivity index (χ3n) is 3.90. The Hall–Kier alpha value is -3.34. The van der Waals surface area contributed by atoms with E-state index in [4.69, 9.17) is 20.6 Å². The molecule has 1 atom stereocenters. The molecule has 156 valence electrons. The number of aryl methyl sites for hydroxylation is 1. The van der Waals surface area contributed by atoms with E-state index in [0.717, 1.165) is 12.1 Å². The summed E-state index contributed by atoms with van der Waals surface area (Å²) in [5.41, 5.74) is 6.55. The van der Waals surface area contributed by atoms with Gasteiger partial charge in [-0.1, -0.05) is 25.4 Å². The van der Waals surface area contributed by atoms with Crippen molar-refractivity contribution in [3.63, 3.8) is 0 Å². The Morgan fingerprint density at radius 3 is 2.45 bits per heavy atom. The molecule has 2 amide bonds. The predicted octanol–water partition coefficient (Wildman–Crippen LogP) is 2.68. The highest BCUT2D eigenvalue weighted by Crippen LogP contribution is 2.18. The van der Waals surface area contributed by atoms with E-state index in [1.54, 1.807) is 25.1 Å². The second kappa shape index (κ2) is 12.2. The van der Waals surface area contributed by atoms with Gasteiger partial charge in [0, 0.05) is 12.6 Å². The molecule has 2 heterocycles. The first-order valence-electron chi connectivity index (χ1n) is 9.52. The van der Waals surface area contributed by atoms with Gasteiger partial charge >= 0.3 is 0 Å². The van der Waals surface area contributed by atoms with Crippen molar-refractivity contribution in [2.45, 2.75) is 52.5 Å². The first-order valence-corrected chi connectivity index (χ1v) is 9.52. The zero-order chi connectivity index (χ0) is 21.8. The number of carbonyl (C=O) groups is 2. The summed E-state index contributed by atoms with van der Waals surface area (Å²) in [5.74, 6) is 0.128. The predicted molar refractivity (Wildman–Crippen MR) is 108 cm³/mol. The number of nitriles is 1. The molecule has 1 aromatic heterocycles. The molecule has 1 unspecified atom stereocenters. The van der Waals surface area contributed by atoms with Crippen molar-refractivity contribution < 1.29 is 19.2 Å². The Balaban J connectivity index is 0.000000294. The molecule has 1 aromatic carbocycles. The SMILES string of the molecule is CCC.Cc1cc(CC(=O)N2CCCC2C(N)=O)on1.N#Cc1ccc(O)cc1. The Kier molecular flexibility index (Phi) is 9.96. The molecule has 0 aliphatic carbocycles. The zero-order valence-electron chi connectivity index (χ0n) is 17.1. The van der Waals surface area contributed by atoms with Crippen LogP contribution < -0.4 is 5.73 Å². The number of aromatic nitrogens is 1. The number of benzene rings is 1. The molecule has 8 heteroatoms. The maximum Gasteiger partial charge on any atom is 0.240 e. The summed E-state index contributed by atoms with van der Waals surface area (Å²) in [4.78, 5) is 24.7. The number of hydrogen-bond donors (Lipinski definition) is 2. The van der Waals surface area contributed by atoms with Crippen LogP contribution in [0.2, 0.25) is 0 Å². The molecule has 1 aliphatic rings. The average molecular weight is 400 g/mol. The van der Waals surface area contributed by atoms with Crippen molar-refractivity contribution >= 4 is 11.8 Å². The highest BCUT2D eigenvalue weighted by molar-refractivity contribution is 5.87. The lowest BCUT2D eigenvalue weighted by molar-refractivity contribution is -0.137. The number of carbonyl (C=O) groups excluding carboxylic acids is 2. The first kappa shape index (κ1) is 23.7. The van der Waals surface area contributed by atoms with E-state index >= 15 is 0 Å². The number of phenols is 1. The molecule has 8 nitrogen and oxygen atoms in total. The van der Waals surface area contributed by atoms with Crippen LogP contribution in [0, 0.1) is 18.3 Å². The van der Waals surface area contributed by atoms with Gasteiger partial charge in [-0.3, -0.25) is 9.59 Å². The topological polar surface area (TPSA) is 133 Å². The summed E-state index contributed by atoms with van der Waals surface area (Å²) in [6.45, 7) is 6.62. The molecule has 0 bridgehead atoms. The van der Waals surface area contributed by atoms with Crippen molar-refractivity contribution in [3.05, 3.63) is 47.3 Å². The molecule has 1 aliphatic heterocycles. The van der Waals surface area contributed by atoms with E-state index in [2.05, 4.69) is 19.0 Å². The summed E-state index contributed by atoms with van der Waals surface area (Å²) < 4.78 is 4.98. The van der Waals surface area contributed by atoms with Gasteiger partial charge in [0.2, 0.25) is 11.8 Å². The lowest BCUT2D eigenvalue weighted by atomic mass is 10.2. The number of aromatic hydroxyl groups is 1. The number of phenolic OH excluding ortho intramolecular Hbond substituents is 1. The summed E-state index contributed by atoms with van der Waals surface area (Å²) >= 11 is 0. The zero-order valence-corrected chi connectivity index (χ0v) is 17.1. The molecule has 0 spiro atoms. The van der Waals surface area contributed by atoms with Gasteiger partial charge in [-0.2, -0.15) is 5.26 Å².